The second kappa shape index (κ2) is 9.57. The van der Waals surface area contributed by atoms with Crippen molar-refractivity contribution >= 4 is 44.8 Å². The van der Waals surface area contributed by atoms with Crippen LogP contribution in [0.1, 0.15) is 26.3 Å². The van der Waals surface area contributed by atoms with E-state index < -0.39 is 63.2 Å². The topological polar surface area (TPSA) is 177 Å². The molecule has 13 heteroatoms. The second-order valence-corrected chi connectivity index (χ2v) is 9.41. The number of ether oxygens (including phenoxy) is 1. The zero-order valence-electron chi connectivity index (χ0n) is 18.1. The number of hydrogen-bond donors (Lipinski definition) is 3. The largest absolute Gasteiger partial charge is 0.382 e. The van der Waals surface area contributed by atoms with E-state index in [0.717, 1.165) is 26.3 Å². The summed E-state index contributed by atoms with van der Waals surface area (Å²) in [6.07, 6.45) is -8.74. The molecule has 11 nitrogen and oxygen atoms in total. The van der Waals surface area contributed by atoms with Gasteiger partial charge in [-0.2, -0.15) is 13.4 Å². The summed E-state index contributed by atoms with van der Waals surface area (Å²) in [5.74, 6) is -3.61. The lowest BCUT2D eigenvalue weighted by Gasteiger charge is -2.53. The Balaban J connectivity index is 2.77. The molecular formula is C20H23NO10S2. The average Bonchev–Trinajstić information content (AvgIpc) is 2.72. The molecule has 0 aromatic heterocycles. The fourth-order valence-electron chi connectivity index (χ4n) is 3.58. The molecule has 0 saturated carbocycles. The van der Waals surface area contributed by atoms with Crippen molar-refractivity contribution in [2.45, 2.75) is 68.3 Å². The minimum absolute atomic E-state index is 0.374. The summed E-state index contributed by atoms with van der Waals surface area (Å²) >= 11 is 4.51. The maximum Gasteiger partial charge on any atom is 0.297 e. The molecule has 1 fully saturated rings. The summed E-state index contributed by atoms with van der Waals surface area (Å²) in [5, 5.41) is 34.9. The number of aliphatic hydroxyl groups is 3. The van der Waals surface area contributed by atoms with Gasteiger partial charge < -0.3 is 20.1 Å². The fourth-order valence-corrected chi connectivity index (χ4v) is 4.77. The van der Waals surface area contributed by atoms with E-state index in [0.29, 0.717) is 0 Å². The molecular weight excluding hydrogens is 478 g/mol. The Labute approximate surface area is 195 Å². The quantitative estimate of drug-likeness (QED) is 0.237. The van der Waals surface area contributed by atoms with Gasteiger partial charge in [-0.25, -0.2) is 0 Å². The summed E-state index contributed by atoms with van der Waals surface area (Å²) in [5.41, 5.74) is -5.91. The number of Topliss-reactive ketones (excluding diaryl/α,β-unsaturated/α-hetero) is 3. The normalized spacial score (nSPS) is 30.7. The summed E-state index contributed by atoms with van der Waals surface area (Å²) < 4.78 is 36.3. The van der Waals surface area contributed by atoms with Crippen molar-refractivity contribution in [2.75, 3.05) is 0 Å². The van der Waals surface area contributed by atoms with E-state index in [1.165, 1.54) is 24.3 Å². The predicted molar refractivity (Wildman–Crippen MR) is 115 cm³/mol. The first-order valence-corrected chi connectivity index (χ1v) is 11.3. The highest BCUT2D eigenvalue weighted by atomic mass is 32.2. The van der Waals surface area contributed by atoms with E-state index in [4.69, 9.17) is 8.92 Å². The van der Waals surface area contributed by atoms with Crippen LogP contribution in [-0.2, 0) is 33.4 Å². The van der Waals surface area contributed by atoms with Gasteiger partial charge in [0, 0.05) is 0 Å². The first-order chi connectivity index (χ1) is 15.1. The minimum Gasteiger partial charge on any atom is -0.382 e. The molecule has 1 aromatic carbocycles. The molecule has 0 amide bonds. The van der Waals surface area contributed by atoms with E-state index in [-0.39, 0.29) is 4.90 Å². The number of hydrogen-bond acceptors (Lipinski definition) is 12. The van der Waals surface area contributed by atoms with Gasteiger partial charge in [-0.05, 0) is 52.0 Å². The third kappa shape index (κ3) is 4.59. The molecule has 0 bridgehead atoms. The van der Waals surface area contributed by atoms with Gasteiger partial charge in [-0.15, -0.1) is 0 Å². The molecule has 3 N–H and O–H groups in total. The third-order valence-corrected chi connectivity index (χ3v) is 6.86. The van der Waals surface area contributed by atoms with E-state index in [1.807, 2.05) is 5.16 Å². The van der Waals surface area contributed by atoms with Crippen LogP contribution in [-0.4, -0.2) is 82.0 Å². The molecule has 33 heavy (non-hydrogen) atoms. The number of carbonyl (C=O) groups excluding carboxylic acids is 3. The number of aliphatic hydroxyl groups excluding tert-OH is 1. The molecule has 180 valence electrons. The van der Waals surface area contributed by atoms with Gasteiger partial charge in [0.1, 0.15) is 12.2 Å². The first-order valence-electron chi connectivity index (χ1n) is 9.52. The van der Waals surface area contributed by atoms with Crippen LogP contribution < -0.4 is 0 Å². The molecule has 1 saturated heterocycles. The van der Waals surface area contributed by atoms with Crippen LogP contribution in [0, 0.1) is 6.92 Å². The number of benzene rings is 1. The number of rotatable bonds is 8. The van der Waals surface area contributed by atoms with Gasteiger partial charge in [0.15, 0.2) is 40.9 Å². The lowest BCUT2D eigenvalue weighted by molar-refractivity contribution is -0.296. The van der Waals surface area contributed by atoms with Crippen molar-refractivity contribution in [1.29, 1.82) is 0 Å². The van der Waals surface area contributed by atoms with Crippen LogP contribution >= 0.6 is 12.2 Å². The van der Waals surface area contributed by atoms with Gasteiger partial charge in [0.25, 0.3) is 10.1 Å². The number of thiocarbonyl (C=S) groups is 1. The first kappa shape index (κ1) is 27.0. The Morgan fingerprint density at radius 3 is 2.06 bits per heavy atom. The maximum atomic E-state index is 12.9. The third-order valence-electron chi connectivity index (χ3n) is 5.45. The molecule has 1 heterocycles. The number of aryl methyl sites for hydroxylation is 1. The van der Waals surface area contributed by atoms with E-state index in [9.17, 15) is 38.1 Å². The molecule has 2 rings (SSSR count). The van der Waals surface area contributed by atoms with Gasteiger partial charge in [0.05, 0.1) is 10.1 Å². The molecule has 1 aliphatic heterocycles. The predicted octanol–water partition coefficient (Wildman–Crippen LogP) is -0.513. The number of ketones is 3. The van der Waals surface area contributed by atoms with Crippen molar-refractivity contribution in [2.24, 2.45) is 4.99 Å². The summed E-state index contributed by atoms with van der Waals surface area (Å²) in [6.45, 7) is 4.12. The molecule has 1 aromatic rings. The molecule has 2 unspecified atom stereocenters. The Morgan fingerprint density at radius 2 is 1.64 bits per heavy atom. The molecule has 1 aliphatic rings. The van der Waals surface area contributed by atoms with Crippen molar-refractivity contribution in [3.05, 3.63) is 29.8 Å². The molecule has 0 spiro atoms. The van der Waals surface area contributed by atoms with Crippen molar-refractivity contribution in [3.8, 4) is 0 Å². The highest BCUT2D eigenvalue weighted by Gasteiger charge is 2.73. The molecule has 6 atom stereocenters. The molecule has 0 radical (unpaired) electrons. The second-order valence-electron chi connectivity index (χ2n) is 7.65. The summed E-state index contributed by atoms with van der Waals surface area (Å²) in [4.78, 5) is 40.2. The van der Waals surface area contributed by atoms with Crippen LogP contribution in [0.3, 0.4) is 0 Å². The lowest BCUT2D eigenvalue weighted by atomic mass is 9.66. The highest BCUT2D eigenvalue weighted by molar-refractivity contribution is 7.86. The summed E-state index contributed by atoms with van der Waals surface area (Å²) in [7, 11) is -4.73. The van der Waals surface area contributed by atoms with Crippen LogP contribution in [0.2, 0.25) is 0 Å². The number of nitrogens with zero attached hydrogens (tertiary/aromatic N) is 1. The van der Waals surface area contributed by atoms with E-state index in [2.05, 4.69) is 17.2 Å². The standard InChI is InChI=1S/C20H23NO10S2/c1-10-5-7-14(8-6-10)33(28,29)31-17-18(21-9-32)30-16(15(25)11(2)22)19(26,12(3)23)20(17,27)13(4)24/h5-8,15-18,25-27H,1-4H3/t15?,16-,17+,18?,19-,20-/m1/s1. The van der Waals surface area contributed by atoms with Gasteiger partial charge in [-0.3, -0.25) is 18.6 Å². The van der Waals surface area contributed by atoms with Crippen molar-refractivity contribution < 1.29 is 47.0 Å². The molecule has 0 aliphatic carbocycles. The number of aliphatic imine (C=N–C) groups is 1. The van der Waals surface area contributed by atoms with E-state index in [1.54, 1.807) is 6.92 Å². The Bertz CT molecular complexity index is 1110. The number of carbonyl (C=O) groups is 3. The zero-order valence-corrected chi connectivity index (χ0v) is 19.7. The average molecular weight is 502 g/mol. The van der Waals surface area contributed by atoms with Crippen LogP contribution in [0.4, 0.5) is 0 Å². The Hall–Kier alpha value is -2.22. The van der Waals surface area contributed by atoms with Gasteiger partial charge >= 0.3 is 0 Å². The fraction of sp³-hybridized carbons (Fsp3) is 0.500. The van der Waals surface area contributed by atoms with Gasteiger partial charge in [0.2, 0.25) is 0 Å². The van der Waals surface area contributed by atoms with Crippen molar-refractivity contribution in [1.82, 2.24) is 0 Å². The van der Waals surface area contributed by atoms with Crippen LogP contribution in [0.15, 0.2) is 34.2 Å². The lowest BCUT2D eigenvalue weighted by Crippen LogP contribution is -2.81. The summed E-state index contributed by atoms with van der Waals surface area (Å²) in [6, 6.07) is 5.31. The zero-order chi connectivity index (χ0) is 25.4. The van der Waals surface area contributed by atoms with Gasteiger partial charge in [-0.1, -0.05) is 17.7 Å². The Kier molecular flexibility index (Phi) is 7.83. The van der Waals surface area contributed by atoms with Crippen LogP contribution in [0.25, 0.3) is 0 Å². The van der Waals surface area contributed by atoms with E-state index >= 15 is 0 Å². The van der Waals surface area contributed by atoms with Crippen LogP contribution in [0.5, 0.6) is 0 Å². The monoisotopic (exact) mass is 501 g/mol. The Morgan fingerprint density at radius 1 is 1.12 bits per heavy atom. The number of isothiocyanates is 1. The highest BCUT2D eigenvalue weighted by Crippen LogP contribution is 2.44. The minimum atomic E-state index is -4.73. The smallest absolute Gasteiger partial charge is 0.297 e. The SMILES string of the molecule is CC(=O)C(O)[C@H]1OC(N=C=S)[C@H](OS(=O)(=O)c2ccc(C)cc2)[C@](O)(C(C)=O)[C@@]1(O)C(C)=O. The van der Waals surface area contributed by atoms with Crippen molar-refractivity contribution in [3.63, 3.8) is 0 Å². The maximum absolute atomic E-state index is 12.9.